The molecule has 0 aliphatic heterocycles. The molecule has 1 N–H and O–H groups in total. The molecular weight excluding hydrogens is 258 g/mol. The van der Waals surface area contributed by atoms with Gasteiger partial charge in [-0.1, -0.05) is 13.8 Å². The average molecular weight is 277 g/mol. The highest BCUT2D eigenvalue weighted by Crippen LogP contribution is 2.25. The minimum atomic E-state index is -3.41. The lowest BCUT2D eigenvalue weighted by Crippen LogP contribution is -2.37. The van der Waals surface area contributed by atoms with Crippen molar-refractivity contribution in [3.63, 3.8) is 0 Å². The van der Waals surface area contributed by atoms with E-state index in [0.717, 1.165) is 17.8 Å². The largest absolute Gasteiger partial charge is 0.392 e. The van der Waals surface area contributed by atoms with Gasteiger partial charge < -0.3 is 5.11 Å². The molecule has 0 radical (unpaired) electrons. The lowest BCUT2D eigenvalue weighted by Gasteiger charge is -2.25. The van der Waals surface area contributed by atoms with E-state index < -0.39 is 10.0 Å². The van der Waals surface area contributed by atoms with Gasteiger partial charge in [0.25, 0.3) is 10.0 Å². The van der Waals surface area contributed by atoms with Crippen LogP contribution in [0.2, 0.25) is 0 Å². The molecule has 0 aliphatic carbocycles. The van der Waals surface area contributed by atoms with Crippen LogP contribution in [0.4, 0.5) is 0 Å². The summed E-state index contributed by atoms with van der Waals surface area (Å²) < 4.78 is 26.5. The number of thiophene rings is 1. The summed E-state index contributed by atoms with van der Waals surface area (Å²) in [7, 11) is -3.41. The maximum atomic E-state index is 12.3. The quantitative estimate of drug-likeness (QED) is 0.866. The lowest BCUT2D eigenvalue weighted by molar-refractivity contribution is 0.282. The fourth-order valence-electron chi connectivity index (χ4n) is 1.61. The minimum absolute atomic E-state index is 0.00956. The first-order chi connectivity index (χ1) is 7.97. The Balaban J connectivity index is 3.08. The van der Waals surface area contributed by atoms with Gasteiger partial charge in [0.1, 0.15) is 4.21 Å². The first-order valence-electron chi connectivity index (χ1n) is 5.67. The summed E-state index contributed by atoms with van der Waals surface area (Å²) >= 11 is 1.16. The van der Waals surface area contributed by atoms with E-state index in [9.17, 15) is 8.42 Å². The Bertz CT molecular complexity index is 453. The van der Waals surface area contributed by atoms with Crippen molar-refractivity contribution in [3.05, 3.63) is 17.0 Å². The van der Waals surface area contributed by atoms with Crippen LogP contribution in [0.25, 0.3) is 0 Å². The third kappa shape index (κ3) is 3.07. The van der Waals surface area contributed by atoms with Crippen molar-refractivity contribution >= 4 is 21.4 Å². The first-order valence-corrected chi connectivity index (χ1v) is 7.99. The van der Waals surface area contributed by atoms with Gasteiger partial charge in [0, 0.05) is 12.6 Å². The molecule has 0 spiro atoms. The van der Waals surface area contributed by atoms with Gasteiger partial charge in [-0.25, -0.2) is 8.42 Å². The summed E-state index contributed by atoms with van der Waals surface area (Å²) in [4.78, 5) is 0. The molecule has 6 heteroatoms. The Morgan fingerprint density at radius 1 is 1.47 bits per heavy atom. The highest BCUT2D eigenvalue weighted by atomic mass is 32.2. The molecule has 0 amide bonds. The molecule has 0 aromatic carbocycles. The number of hydrogen-bond acceptors (Lipinski definition) is 4. The van der Waals surface area contributed by atoms with Crippen LogP contribution >= 0.6 is 11.3 Å². The molecule has 1 rings (SSSR count). The van der Waals surface area contributed by atoms with E-state index in [4.69, 9.17) is 5.11 Å². The summed E-state index contributed by atoms with van der Waals surface area (Å²) in [5.41, 5.74) is 0.647. The van der Waals surface area contributed by atoms with Crippen LogP contribution < -0.4 is 0 Å². The zero-order chi connectivity index (χ0) is 13.1. The summed E-state index contributed by atoms with van der Waals surface area (Å²) in [5.74, 6) is 0. The second-order valence-corrected chi connectivity index (χ2v) is 6.93. The van der Waals surface area contributed by atoms with Crippen LogP contribution in [0, 0.1) is 0 Å². The standard InChI is InChI=1S/C11H19NO3S2/c1-4-9(3)12(5-2)17(14,15)11-6-10(7-13)8-16-11/h6,8-9,13H,4-5,7H2,1-3H3. The van der Waals surface area contributed by atoms with Crippen LogP contribution in [-0.2, 0) is 16.6 Å². The molecule has 1 aromatic heterocycles. The van der Waals surface area contributed by atoms with Crippen LogP contribution in [0.5, 0.6) is 0 Å². The second-order valence-electron chi connectivity index (χ2n) is 3.90. The Morgan fingerprint density at radius 2 is 2.12 bits per heavy atom. The van der Waals surface area contributed by atoms with Crippen molar-refractivity contribution in [3.8, 4) is 0 Å². The third-order valence-corrected chi connectivity index (χ3v) is 6.32. The molecule has 1 unspecified atom stereocenters. The van der Waals surface area contributed by atoms with E-state index in [-0.39, 0.29) is 12.6 Å². The van der Waals surface area contributed by atoms with Crippen molar-refractivity contribution < 1.29 is 13.5 Å². The van der Waals surface area contributed by atoms with Gasteiger partial charge in [-0.05, 0) is 30.4 Å². The lowest BCUT2D eigenvalue weighted by atomic mass is 10.3. The van der Waals surface area contributed by atoms with Crippen LogP contribution in [-0.4, -0.2) is 30.4 Å². The normalized spacial score (nSPS) is 14.2. The molecular formula is C11H19NO3S2. The van der Waals surface area contributed by atoms with Crippen molar-refractivity contribution in [1.29, 1.82) is 0 Å². The van der Waals surface area contributed by atoms with E-state index in [1.165, 1.54) is 4.31 Å². The van der Waals surface area contributed by atoms with E-state index in [2.05, 4.69) is 0 Å². The number of aliphatic hydroxyl groups is 1. The van der Waals surface area contributed by atoms with Gasteiger partial charge in [-0.2, -0.15) is 4.31 Å². The Kier molecular flexibility index (Phi) is 5.12. The van der Waals surface area contributed by atoms with Gasteiger partial charge >= 0.3 is 0 Å². The average Bonchev–Trinajstić information content (AvgIpc) is 2.78. The molecule has 1 aromatic rings. The Hall–Kier alpha value is -0.430. The molecule has 1 heterocycles. The summed E-state index contributed by atoms with van der Waals surface area (Å²) in [6, 6.07) is 1.54. The minimum Gasteiger partial charge on any atom is -0.392 e. The molecule has 98 valence electrons. The van der Waals surface area contributed by atoms with Gasteiger partial charge in [0.2, 0.25) is 0 Å². The van der Waals surface area contributed by atoms with E-state index >= 15 is 0 Å². The van der Waals surface area contributed by atoms with Gasteiger partial charge in [-0.3, -0.25) is 0 Å². The number of aliphatic hydroxyl groups excluding tert-OH is 1. The topological polar surface area (TPSA) is 57.6 Å². The molecule has 4 nitrogen and oxygen atoms in total. The third-order valence-electron chi connectivity index (χ3n) is 2.77. The maximum absolute atomic E-state index is 12.3. The fourth-order valence-corrected chi connectivity index (χ4v) is 4.65. The van der Waals surface area contributed by atoms with Crippen LogP contribution in [0.15, 0.2) is 15.7 Å². The van der Waals surface area contributed by atoms with E-state index in [0.29, 0.717) is 16.3 Å². The monoisotopic (exact) mass is 277 g/mol. The van der Waals surface area contributed by atoms with Gasteiger partial charge in [0.15, 0.2) is 0 Å². The number of hydrogen-bond donors (Lipinski definition) is 1. The molecule has 0 saturated carbocycles. The Labute approximate surface area is 107 Å². The van der Waals surface area contributed by atoms with Gasteiger partial charge in [0.05, 0.1) is 6.61 Å². The smallest absolute Gasteiger partial charge is 0.252 e. The molecule has 0 saturated heterocycles. The molecule has 0 aliphatic rings. The van der Waals surface area contributed by atoms with Crippen LogP contribution in [0.1, 0.15) is 32.8 Å². The molecule has 17 heavy (non-hydrogen) atoms. The zero-order valence-corrected chi connectivity index (χ0v) is 12.0. The van der Waals surface area contributed by atoms with Crippen molar-refractivity contribution in [2.75, 3.05) is 6.54 Å². The number of sulfonamides is 1. The van der Waals surface area contributed by atoms with Crippen molar-refractivity contribution in [2.45, 2.75) is 44.0 Å². The van der Waals surface area contributed by atoms with Gasteiger partial charge in [-0.15, -0.1) is 11.3 Å². The second kappa shape index (κ2) is 5.95. The van der Waals surface area contributed by atoms with Crippen LogP contribution in [0.3, 0.4) is 0 Å². The summed E-state index contributed by atoms with van der Waals surface area (Å²) in [6.45, 7) is 6.05. The summed E-state index contributed by atoms with van der Waals surface area (Å²) in [6.07, 6.45) is 0.783. The zero-order valence-electron chi connectivity index (χ0n) is 10.4. The SMILES string of the molecule is CCC(C)N(CC)S(=O)(=O)c1cc(CO)cs1. The predicted molar refractivity (Wildman–Crippen MR) is 69.6 cm³/mol. The van der Waals surface area contributed by atoms with Crippen molar-refractivity contribution in [2.24, 2.45) is 0 Å². The first kappa shape index (κ1) is 14.6. The van der Waals surface area contributed by atoms with E-state index in [1.807, 2.05) is 20.8 Å². The van der Waals surface area contributed by atoms with Crippen molar-refractivity contribution in [1.82, 2.24) is 4.31 Å². The molecule has 0 bridgehead atoms. The molecule has 0 fully saturated rings. The van der Waals surface area contributed by atoms with E-state index in [1.54, 1.807) is 11.4 Å². The highest BCUT2D eigenvalue weighted by molar-refractivity contribution is 7.91. The number of nitrogens with zero attached hydrogens (tertiary/aromatic N) is 1. The maximum Gasteiger partial charge on any atom is 0.252 e. The Morgan fingerprint density at radius 3 is 2.53 bits per heavy atom. The predicted octanol–water partition coefficient (Wildman–Crippen LogP) is 2.05. The fraction of sp³-hybridized carbons (Fsp3) is 0.636. The number of rotatable bonds is 6. The molecule has 1 atom stereocenters. The summed E-state index contributed by atoms with van der Waals surface area (Å²) in [5, 5.41) is 10.6. The highest BCUT2D eigenvalue weighted by Gasteiger charge is 2.28.